The Bertz CT molecular complexity index is 810. The third kappa shape index (κ3) is 2.69. The molecule has 0 spiro atoms. The summed E-state index contributed by atoms with van der Waals surface area (Å²) in [7, 11) is 0. The van der Waals surface area contributed by atoms with Crippen molar-refractivity contribution in [1.82, 2.24) is 9.38 Å². The number of pyridine rings is 1. The minimum Gasteiger partial charge on any atom is -0.321 e. The second kappa shape index (κ2) is 5.69. The fourth-order valence-corrected chi connectivity index (χ4v) is 2.69. The Kier molecular flexibility index (Phi) is 3.75. The van der Waals surface area contributed by atoms with Gasteiger partial charge >= 0.3 is 0 Å². The van der Waals surface area contributed by atoms with Crippen molar-refractivity contribution in [3.05, 3.63) is 64.5 Å². The van der Waals surface area contributed by atoms with Gasteiger partial charge in [0.25, 0.3) is 5.91 Å². The number of anilines is 1. The molecule has 21 heavy (non-hydrogen) atoms. The molecule has 4 nitrogen and oxygen atoms in total. The number of nitrogens with one attached hydrogen (secondary N) is 1. The van der Waals surface area contributed by atoms with Gasteiger partial charge in [0.15, 0.2) is 0 Å². The first kappa shape index (κ1) is 13.8. The number of hydrogen-bond donors (Lipinski definition) is 1. The van der Waals surface area contributed by atoms with Crippen LogP contribution in [0.25, 0.3) is 5.65 Å². The molecule has 0 atom stereocenters. The number of hydrogen-bond acceptors (Lipinski definition) is 2. The van der Waals surface area contributed by atoms with Crippen LogP contribution in [0.3, 0.4) is 0 Å². The van der Waals surface area contributed by atoms with E-state index in [9.17, 15) is 4.79 Å². The number of halogens is 1. The first-order valence-electron chi connectivity index (χ1n) is 6.72. The fourth-order valence-electron chi connectivity index (χ4n) is 2.29. The van der Waals surface area contributed by atoms with E-state index in [0.29, 0.717) is 12.1 Å². The number of aryl methyl sites for hydroxylation is 1. The van der Waals surface area contributed by atoms with Crippen molar-refractivity contribution in [2.75, 3.05) is 5.32 Å². The standard InChI is InChI=1S/C16H14BrN3O/c1-2-13-15(20-9-4-3-8-14(20)19-13)16(21)18-12-7-5-6-11(17)10-12/h3-10H,2H2,1H3,(H,18,21). The van der Waals surface area contributed by atoms with E-state index in [1.54, 1.807) is 0 Å². The molecule has 1 amide bonds. The van der Waals surface area contributed by atoms with E-state index in [0.717, 1.165) is 21.5 Å². The number of benzene rings is 1. The van der Waals surface area contributed by atoms with Gasteiger partial charge in [-0.3, -0.25) is 9.20 Å². The van der Waals surface area contributed by atoms with Gasteiger partial charge in [-0.25, -0.2) is 4.98 Å². The van der Waals surface area contributed by atoms with Gasteiger partial charge in [-0.1, -0.05) is 35.0 Å². The second-order valence-corrected chi connectivity index (χ2v) is 5.57. The Morgan fingerprint density at radius 1 is 1.29 bits per heavy atom. The maximum absolute atomic E-state index is 12.6. The van der Waals surface area contributed by atoms with E-state index in [4.69, 9.17) is 0 Å². The number of rotatable bonds is 3. The summed E-state index contributed by atoms with van der Waals surface area (Å²) in [5.74, 6) is -0.149. The molecule has 0 aliphatic rings. The molecule has 0 unspecified atom stereocenters. The lowest BCUT2D eigenvalue weighted by Crippen LogP contribution is -2.16. The number of carbonyl (C=O) groups excluding carboxylic acids is 1. The van der Waals surface area contributed by atoms with Gasteiger partial charge in [-0.15, -0.1) is 0 Å². The summed E-state index contributed by atoms with van der Waals surface area (Å²) in [5.41, 5.74) is 2.93. The molecular formula is C16H14BrN3O. The van der Waals surface area contributed by atoms with Crippen molar-refractivity contribution in [2.45, 2.75) is 13.3 Å². The molecule has 3 aromatic rings. The first-order valence-corrected chi connectivity index (χ1v) is 7.51. The molecule has 5 heteroatoms. The van der Waals surface area contributed by atoms with Crippen LogP contribution in [0.2, 0.25) is 0 Å². The molecular weight excluding hydrogens is 330 g/mol. The van der Waals surface area contributed by atoms with Gasteiger partial charge in [-0.2, -0.15) is 0 Å². The Balaban J connectivity index is 2.01. The molecule has 106 valence electrons. The molecule has 2 aromatic heterocycles. The average Bonchev–Trinajstić information content (AvgIpc) is 2.85. The molecule has 0 radical (unpaired) electrons. The average molecular weight is 344 g/mol. The fraction of sp³-hybridized carbons (Fsp3) is 0.125. The highest BCUT2D eigenvalue weighted by atomic mass is 79.9. The Morgan fingerprint density at radius 3 is 2.90 bits per heavy atom. The normalized spacial score (nSPS) is 10.8. The van der Waals surface area contributed by atoms with Gasteiger partial charge in [0.1, 0.15) is 11.3 Å². The number of fused-ring (bicyclic) bond motifs is 1. The van der Waals surface area contributed by atoms with Gasteiger partial charge in [0.2, 0.25) is 0 Å². The van der Waals surface area contributed by atoms with E-state index in [1.165, 1.54) is 0 Å². The molecule has 0 saturated heterocycles. The highest BCUT2D eigenvalue weighted by molar-refractivity contribution is 9.10. The predicted molar refractivity (Wildman–Crippen MR) is 86.7 cm³/mol. The summed E-state index contributed by atoms with van der Waals surface area (Å²) in [6, 6.07) is 13.2. The number of imidazole rings is 1. The Labute approximate surface area is 131 Å². The maximum Gasteiger partial charge on any atom is 0.274 e. The highest BCUT2D eigenvalue weighted by Gasteiger charge is 2.17. The van der Waals surface area contributed by atoms with Crippen molar-refractivity contribution in [1.29, 1.82) is 0 Å². The van der Waals surface area contributed by atoms with E-state index in [2.05, 4.69) is 26.2 Å². The van der Waals surface area contributed by atoms with E-state index < -0.39 is 0 Å². The largest absolute Gasteiger partial charge is 0.321 e. The van der Waals surface area contributed by atoms with Crippen molar-refractivity contribution >= 4 is 33.2 Å². The second-order valence-electron chi connectivity index (χ2n) is 4.65. The summed E-state index contributed by atoms with van der Waals surface area (Å²) in [5, 5.41) is 2.92. The number of nitrogens with zero attached hydrogens (tertiary/aromatic N) is 2. The quantitative estimate of drug-likeness (QED) is 0.783. The van der Waals surface area contributed by atoms with Crippen LogP contribution in [0.5, 0.6) is 0 Å². The molecule has 0 aliphatic heterocycles. The molecule has 0 bridgehead atoms. The molecule has 1 aromatic carbocycles. The Hall–Kier alpha value is -2.14. The summed E-state index contributed by atoms with van der Waals surface area (Å²) >= 11 is 3.40. The van der Waals surface area contributed by atoms with E-state index in [-0.39, 0.29) is 5.91 Å². The SMILES string of the molecule is CCc1nc2ccccn2c1C(=O)Nc1cccc(Br)c1. The van der Waals surface area contributed by atoms with Crippen molar-refractivity contribution in [3.8, 4) is 0 Å². The first-order chi connectivity index (χ1) is 10.2. The van der Waals surface area contributed by atoms with Gasteiger partial charge in [-0.05, 0) is 36.8 Å². The van der Waals surface area contributed by atoms with Crippen LogP contribution in [0, 0.1) is 0 Å². The smallest absolute Gasteiger partial charge is 0.274 e. The van der Waals surface area contributed by atoms with Crippen molar-refractivity contribution in [2.24, 2.45) is 0 Å². The zero-order chi connectivity index (χ0) is 14.8. The number of aromatic nitrogens is 2. The molecule has 2 heterocycles. The highest BCUT2D eigenvalue weighted by Crippen LogP contribution is 2.19. The van der Waals surface area contributed by atoms with Gasteiger partial charge in [0.05, 0.1) is 5.69 Å². The lowest BCUT2D eigenvalue weighted by atomic mass is 10.2. The summed E-state index contributed by atoms with van der Waals surface area (Å²) in [6.07, 6.45) is 2.57. The van der Waals surface area contributed by atoms with Gasteiger partial charge < -0.3 is 5.32 Å². The third-order valence-electron chi connectivity index (χ3n) is 3.23. The summed E-state index contributed by atoms with van der Waals surface area (Å²) < 4.78 is 2.75. The minimum absolute atomic E-state index is 0.149. The lowest BCUT2D eigenvalue weighted by Gasteiger charge is -2.07. The van der Waals surface area contributed by atoms with Crippen molar-refractivity contribution in [3.63, 3.8) is 0 Å². The zero-order valence-corrected chi connectivity index (χ0v) is 13.1. The Morgan fingerprint density at radius 2 is 2.14 bits per heavy atom. The van der Waals surface area contributed by atoms with Crippen LogP contribution >= 0.6 is 15.9 Å². The lowest BCUT2D eigenvalue weighted by molar-refractivity contribution is 0.102. The van der Waals surface area contributed by atoms with E-state index >= 15 is 0 Å². The van der Waals surface area contributed by atoms with Crippen LogP contribution in [0.4, 0.5) is 5.69 Å². The third-order valence-corrected chi connectivity index (χ3v) is 3.73. The maximum atomic E-state index is 12.6. The molecule has 0 fully saturated rings. The van der Waals surface area contributed by atoms with Crippen LogP contribution in [0.1, 0.15) is 23.1 Å². The van der Waals surface area contributed by atoms with Crippen LogP contribution < -0.4 is 5.32 Å². The predicted octanol–water partition coefficient (Wildman–Crippen LogP) is 3.91. The monoisotopic (exact) mass is 343 g/mol. The molecule has 0 aliphatic carbocycles. The summed E-state index contributed by atoms with van der Waals surface area (Å²) in [4.78, 5) is 17.1. The minimum atomic E-state index is -0.149. The number of carbonyl (C=O) groups is 1. The van der Waals surface area contributed by atoms with Gasteiger partial charge in [0, 0.05) is 16.4 Å². The van der Waals surface area contributed by atoms with E-state index in [1.807, 2.05) is 60.0 Å². The molecule has 0 saturated carbocycles. The van der Waals surface area contributed by atoms with Crippen LogP contribution in [0.15, 0.2) is 53.1 Å². The molecule has 3 rings (SSSR count). The zero-order valence-electron chi connectivity index (χ0n) is 11.5. The summed E-state index contributed by atoms with van der Waals surface area (Å²) in [6.45, 7) is 2.00. The van der Waals surface area contributed by atoms with Crippen LogP contribution in [-0.2, 0) is 6.42 Å². The number of amides is 1. The topological polar surface area (TPSA) is 46.4 Å². The van der Waals surface area contributed by atoms with Crippen molar-refractivity contribution < 1.29 is 4.79 Å². The van der Waals surface area contributed by atoms with Crippen LogP contribution in [-0.4, -0.2) is 15.3 Å². The molecule has 1 N–H and O–H groups in total.